The Kier molecular flexibility index (Phi) is 6.68. The Labute approximate surface area is 143 Å². The van der Waals surface area contributed by atoms with E-state index in [0.29, 0.717) is 13.1 Å². The van der Waals surface area contributed by atoms with Crippen molar-refractivity contribution in [1.29, 1.82) is 0 Å². The average molecular weight is 335 g/mol. The Morgan fingerprint density at radius 2 is 1.83 bits per heavy atom. The van der Waals surface area contributed by atoms with Gasteiger partial charge < -0.3 is 14.6 Å². The average Bonchev–Trinajstić information content (AvgIpc) is 3.08. The molecule has 4 nitrogen and oxygen atoms in total. The van der Waals surface area contributed by atoms with Crippen molar-refractivity contribution < 1.29 is 9.21 Å². The van der Waals surface area contributed by atoms with Crippen molar-refractivity contribution in [2.45, 2.75) is 25.9 Å². The van der Waals surface area contributed by atoms with Gasteiger partial charge in [-0.3, -0.25) is 4.79 Å². The number of rotatable bonds is 5. The first kappa shape index (κ1) is 17.6. The summed E-state index contributed by atoms with van der Waals surface area (Å²) in [6, 6.07) is 13.9. The highest BCUT2D eigenvalue weighted by Gasteiger charge is 2.26. The van der Waals surface area contributed by atoms with E-state index in [0.717, 1.165) is 37.3 Å². The van der Waals surface area contributed by atoms with Gasteiger partial charge in [0.25, 0.3) is 0 Å². The highest BCUT2D eigenvalue weighted by molar-refractivity contribution is 5.85. The number of furan rings is 1. The number of nitrogens with zero attached hydrogens (tertiary/aromatic N) is 1. The van der Waals surface area contributed by atoms with Gasteiger partial charge in [-0.05, 0) is 43.6 Å². The van der Waals surface area contributed by atoms with Gasteiger partial charge in [-0.25, -0.2) is 0 Å². The Morgan fingerprint density at radius 1 is 1.09 bits per heavy atom. The molecule has 0 saturated carbocycles. The van der Waals surface area contributed by atoms with E-state index in [-0.39, 0.29) is 24.2 Å². The summed E-state index contributed by atoms with van der Waals surface area (Å²) in [5, 5.41) is 3.31. The maximum Gasteiger partial charge on any atom is 0.226 e. The van der Waals surface area contributed by atoms with Gasteiger partial charge in [0, 0.05) is 12.5 Å². The van der Waals surface area contributed by atoms with Crippen LogP contribution < -0.4 is 5.32 Å². The zero-order valence-electron chi connectivity index (χ0n) is 13.1. The smallest absolute Gasteiger partial charge is 0.226 e. The highest BCUT2D eigenvalue weighted by Crippen LogP contribution is 2.19. The van der Waals surface area contributed by atoms with Gasteiger partial charge in [0.1, 0.15) is 5.76 Å². The third kappa shape index (κ3) is 4.85. The van der Waals surface area contributed by atoms with Crippen molar-refractivity contribution in [1.82, 2.24) is 10.2 Å². The molecule has 0 atom stereocenters. The number of piperidine rings is 1. The largest absolute Gasteiger partial charge is 0.467 e. The van der Waals surface area contributed by atoms with E-state index in [9.17, 15) is 4.79 Å². The SMILES string of the molecule is Cl.O=C(C1CCNCC1)N(Cc1ccccc1)Cc1ccco1. The molecule has 1 fully saturated rings. The fourth-order valence-corrected chi connectivity index (χ4v) is 2.93. The molecule has 0 radical (unpaired) electrons. The molecule has 2 aromatic rings. The first-order valence-corrected chi connectivity index (χ1v) is 7.89. The Morgan fingerprint density at radius 3 is 2.48 bits per heavy atom. The van der Waals surface area contributed by atoms with Crippen molar-refractivity contribution in [2.75, 3.05) is 13.1 Å². The second kappa shape index (κ2) is 8.75. The van der Waals surface area contributed by atoms with Crippen LogP contribution in [-0.4, -0.2) is 23.9 Å². The van der Waals surface area contributed by atoms with Crippen LogP contribution in [0.3, 0.4) is 0 Å². The van der Waals surface area contributed by atoms with E-state index >= 15 is 0 Å². The second-order valence-electron chi connectivity index (χ2n) is 5.78. The van der Waals surface area contributed by atoms with E-state index < -0.39 is 0 Å². The van der Waals surface area contributed by atoms with Crippen LogP contribution in [-0.2, 0) is 17.9 Å². The van der Waals surface area contributed by atoms with Gasteiger partial charge in [-0.2, -0.15) is 0 Å². The minimum atomic E-state index is 0. The van der Waals surface area contributed by atoms with Crippen molar-refractivity contribution in [3.8, 4) is 0 Å². The monoisotopic (exact) mass is 334 g/mol. The topological polar surface area (TPSA) is 45.5 Å². The van der Waals surface area contributed by atoms with Gasteiger partial charge in [-0.15, -0.1) is 12.4 Å². The number of nitrogens with one attached hydrogen (secondary N) is 1. The molecule has 5 heteroatoms. The molecular formula is C18H23ClN2O2. The first-order valence-electron chi connectivity index (χ1n) is 7.89. The van der Waals surface area contributed by atoms with E-state index in [1.165, 1.54) is 0 Å². The first-order chi connectivity index (χ1) is 10.8. The van der Waals surface area contributed by atoms with Gasteiger partial charge in [0.15, 0.2) is 0 Å². The van der Waals surface area contributed by atoms with E-state index in [1.54, 1.807) is 6.26 Å². The minimum absolute atomic E-state index is 0. The Bertz CT molecular complexity index is 580. The molecule has 0 unspecified atom stereocenters. The molecule has 0 bridgehead atoms. The molecule has 124 valence electrons. The van der Waals surface area contributed by atoms with Crippen LogP contribution in [0, 0.1) is 5.92 Å². The van der Waals surface area contributed by atoms with Crippen LogP contribution in [0.1, 0.15) is 24.2 Å². The van der Waals surface area contributed by atoms with Gasteiger partial charge in [-0.1, -0.05) is 30.3 Å². The number of hydrogen-bond acceptors (Lipinski definition) is 3. The molecule has 1 aromatic heterocycles. The zero-order valence-corrected chi connectivity index (χ0v) is 13.9. The minimum Gasteiger partial charge on any atom is -0.467 e. The molecule has 1 aliphatic rings. The van der Waals surface area contributed by atoms with E-state index in [1.807, 2.05) is 35.2 Å². The summed E-state index contributed by atoms with van der Waals surface area (Å²) in [4.78, 5) is 14.8. The van der Waals surface area contributed by atoms with Crippen molar-refractivity contribution in [3.05, 3.63) is 60.1 Å². The van der Waals surface area contributed by atoms with Crippen LogP contribution in [0.4, 0.5) is 0 Å². The lowest BCUT2D eigenvalue weighted by atomic mass is 9.96. The third-order valence-corrected chi connectivity index (χ3v) is 4.14. The Balaban J connectivity index is 0.00000192. The molecule has 1 amide bonds. The number of carbonyl (C=O) groups is 1. The maximum absolute atomic E-state index is 12.9. The van der Waals surface area contributed by atoms with Crippen LogP contribution >= 0.6 is 12.4 Å². The lowest BCUT2D eigenvalue weighted by molar-refractivity contribution is -0.138. The molecular weight excluding hydrogens is 312 g/mol. The molecule has 23 heavy (non-hydrogen) atoms. The van der Waals surface area contributed by atoms with Crippen LogP contribution in [0.2, 0.25) is 0 Å². The molecule has 0 spiro atoms. The summed E-state index contributed by atoms with van der Waals surface area (Å²) in [5.74, 6) is 1.19. The number of carbonyl (C=O) groups excluding carboxylic acids is 1. The summed E-state index contributed by atoms with van der Waals surface area (Å²) < 4.78 is 5.43. The normalized spacial score (nSPS) is 15.0. The van der Waals surface area contributed by atoms with Crippen molar-refractivity contribution in [2.24, 2.45) is 5.92 Å². The van der Waals surface area contributed by atoms with Gasteiger partial charge in [0.05, 0.1) is 12.8 Å². The van der Waals surface area contributed by atoms with Crippen LogP contribution in [0.25, 0.3) is 0 Å². The standard InChI is InChI=1S/C18H22N2O2.ClH/c21-18(16-8-10-19-11-9-16)20(14-17-7-4-12-22-17)13-15-5-2-1-3-6-15;/h1-7,12,16,19H,8-11,13-14H2;1H. The highest BCUT2D eigenvalue weighted by atomic mass is 35.5. The molecule has 1 N–H and O–H groups in total. The predicted octanol–water partition coefficient (Wildman–Crippen LogP) is 3.23. The van der Waals surface area contributed by atoms with Crippen molar-refractivity contribution >= 4 is 18.3 Å². The molecule has 3 rings (SSSR count). The lowest BCUT2D eigenvalue weighted by Gasteiger charge is -2.29. The zero-order chi connectivity index (χ0) is 15.2. The number of halogens is 1. The number of benzene rings is 1. The summed E-state index contributed by atoms with van der Waals surface area (Å²) in [6.07, 6.45) is 3.50. The number of amides is 1. The van der Waals surface area contributed by atoms with Gasteiger partial charge in [0.2, 0.25) is 5.91 Å². The molecule has 0 aliphatic carbocycles. The van der Waals surface area contributed by atoms with E-state index in [2.05, 4.69) is 17.4 Å². The summed E-state index contributed by atoms with van der Waals surface area (Å²) in [7, 11) is 0. The fourth-order valence-electron chi connectivity index (χ4n) is 2.93. The van der Waals surface area contributed by atoms with Crippen LogP contribution in [0.15, 0.2) is 53.1 Å². The third-order valence-electron chi connectivity index (χ3n) is 4.14. The molecule has 2 heterocycles. The van der Waals surface area contributed by atoms with Crippen molar-refractivity contribution in [3.63, 3.8) is 0 Å². The second-order valence-corrected chi connectivity index (χ2v) is 5.78. The molecule has 1 saturated heterocycles. The maximum atomic E-state index is 12.9. The van der Waals surface area contributed by atoms with Crippen LogP contribution in [0.5, 0.6) is 0 Å². The number of hydrogen-bond donors (Lipinski definition) is 1. The lowest BCUT2D eigenvalue weighted by Crippen LogP contribution is -2.40. The summed E-state index contributed by atoms with van der Waals surface area (Å²) in [6.45, 7) is 3.02. The van der Waals surface area contributed by atoms with E-state index in [4.69, 9.17) is 4.42 Å². The molecule has 1 aliphatic heterocycles. The quantitative estimate of drug-likeness (QED) is 0.913. The fraction of sp³-hybridized carbons (Fsp3) is 0.389. The molecule has 1 aromatic carbocycles. The Hall–Kier alpha value is -1.78. The predicted molar refractivity (Wildman–Crippen MR) is 92.2 cm³/mol. The summed E-state index contributed by atoms with van der Waals surface area (Å²) in [5.41, 5.74) is 1.15. The summed E-state index contributed by atoms with van der Waals surface area (Å²) >= 11 is 0. The van der Waals surface area contributed by atoms with Gasteiger partial charge >= 0.3 is 0 Å².